The van der Waals surface area contributed by atoms with Crippen LogP contribution in [-0.4, -0.2) is 12.4 Å². The fraction of sp³-hybridized carbons (Fsp3) is 0.133. The Hall–Kier alpha value is -1.36. The summed E-state index contributed by atoms with van der Waals surface area (Å²) < 4.78 is 6.58. The molecule has 0 unspecified atom stereocenters. The first-order valence-electron chi connectivity index (χ1n) is 5.63. The number of Topliss-reactive ketones (excluding diaryl/α,β-unsaturated/α-hetero) is 1. The number of hydrogen-bond donors (Lipinski definition) is 0. The van der Waals surface area contributed by atoms with Crippen LogP contribution in [0.5, 0.6) is 5.75 Å². The molecule has 0 aliphatic heterocycles. The molecule has 0 spiro atoms. The van der Waals surface area contributed by atoms with Gasteiger partial charge in [-0.2, -0.15) is 0 Å². The molecule has 0 aromatic heterocycles. The molecule has 2 rings (SSSR count). The van der Waals surface area contributed by atoms with Crippen molar-refractivity contribution >= 4 is 28.4 Å². The first-order valence-corrected chi connectivity index (χ1v) is 6.71. The summed E-state index contributed by atoms with van der Waals surface area (Å²) in [7, 11) is 0. The molecule has 0 aliphatic rings. The Morgan fingerprint density at radius 3 is 2.67 bits per heavy atom. The first kappa shape index (κ1) is 13.1. The smallest absolute Gasteiger partial charge is 0.200 e. The zero-order valence-electron chi connectivity index (χ0n) is 10.0. The van der Waals surface area contributed by atoms with Gasteiger partial charge in [0.15, 0.2) is 12.4 Å². The molecule has 0 saturated carbocycles. The van der Waals surface area contributed by atoms with E-state index in [0.717, 1.165) is 14.9 Å². The molecule has 0 heterocycles. The Balaban J connectivity index is 2.00. The SMILES string of the molecule is Cc1cccc(C(=O)COc2cccc(I)c2)c1. The summed E-state index contributed by atoms with van der Waals surface area (Å²) in [5.74, 6) is 0.723. The third kappa shape index (κ3) is 3.57. The van der Waals surface area contributed by atoms with Crippen LogP contribution in [0.2, 0.25) is 0 Å². The first-order chi connectivity index (χ1) is 8.65. The van der Waals surface area contributed by atoms with Gasteiger partial charge < -0.3 is 4.74 Å². The van der Waals surface area contributed by atoms with Gasteiger partial charge in [-0.05, 0) is 53.8 Å². The molecule has 2 aromatic rings. The molecule has 2 nitrogen and oxygen atoms in total. The van der Waals surface area contributed by atoms with E-state index in [1.165, 1.54) is 0 Å². The molecule has 0 saturated heterocycles. The third-order valence-corrected chi connectivity index (χ3v) is 3.18. The van der Waals surface area contributed by atoms with E-state index in [0.29, 0.717) is 5.56 Å². The van der Waals surface area contributed by atoms with E-state index in [9.17, 15) is 4.79 Å². The van der Waals surface area contributed by atoms with E-state index in [4.69, 9.17) is 4.74 Å². The second kappa shape index (κ2) is 6.00. The Morgan fingerprint density at radius 2 is 1.94 bits per heavy atom. The molecule has 0 radical (unpaired) electrons. The summed E-state index contributed by atoms with van der Waals surface area (Å²) in [5, 5.41) is 0. The fourth-order valence-corrected chi connectivity index (χ4v) is 2.12. The van der Waals surface area contributed by atoms with Gasteiger partial charge in [0, 0.05) is 9.13 Å². The van der Waals surface area contributed by atoms with Crippen molar-refractivity contribution in [3.63, 3.8) is 0 Å². The summed E-state index contributed by atoms with van der Waals surface area (Å²) in [5.41, 5.74) is 1.77. The van der Waals surface area contributed by atoms with Crippen LogP contribution >= 0.6 is 22.6 Å². The average Bonchev–Trinajstić information content (AvgIpc) is 2.36. The van der Waals surface area contributed by atoms with Gasteiger partial charge in [-0.25, -0.2) is 0 Å². The van der Waals surface area contributed by atoms with Crippen molar-refractivity contribution in [2.75, 3.05) is 6.61 Å². The molecule has 0 fully saturated rings. The zero-order valence-corrected chi connectivity index (χ0v) is 12.2. The highest BCUT2D eigenvalue weighted by atomic mass is 127. The van der Waals surface area contributed by atoms with Crippen molar-refractivity contribution in [3.8, 4) is 5.75 Å². The number of ether oxygens (including phenoxy) is 1. The van der Waals surface area contributed by atoms with Crippen LogP contribution in [0.3, 0.4) is 0 Å². The van der Waals surface area contributed by atoms with Crippen molar-refractivity contribution in [1.29, 1.82) is 0 Å². The Bertz CT molecular complexity index is 564. The quantitative estimate of drug-likeness (QED) is 0.617. The van der Waals surface area contributed by atoms with Crippen molar-refractivity contribution in [2.24, 2.45) is 0 Å². The summed E-state index contributed by atoms with van der Waals surface area (Å²) in [6.07, 6.45) is 0. The van der Waals surface area contributed by atoms with Crippen LogP contribution in [-0.2, 0) is 0 Å². The van der Waals surface area contributed by atoms with E-state index in [1.54, 1.807) is 0 Å². The number of halogens is 1. The van der Waals surface area contributed by atoms with E-state index >= 15 is 0 Å². The van der Waals surface area contributed by atoms with Crippen LogP contribution in [0.1, 0.15) is 15.9 Å². The van der Waals surface area contributed by atoms with E-state index in [2.05, 4.69) is 22.6 Å². The Kier molecular flexibility index (Phi) is 4.36. The Labute approximate surface area is 120 Å². The molecule has 0 bridgehead atoms. The van der Waals surface area contributed by atoms with Crippen LogP contribution in [0.25, 0.3) is 0 Å². The maximum absolute atomic E-state index is 11.9. The van der Waals surface area contributed by atoms with Crippen LogP contribution in [0, 0.1) is 10.5 Å². The molecule has 3 heteroatoms. The predicted octanol–water partition coefficient (Wildman–Crippen LogP) is 3.86. The van der Waals surface area contributed by atoms with Crippen molar-refractivity contribution in [1.82, 2.24) is 0 Å². The van der Waals surface area contributed by atoms with Gasteiger partial charge in [-0.15, -0.1) is 0 Å². The highest BCUT2D eigenvalue weighted by molar-refractivity contribution is 14.1. The minimum absolute atomic E-state index is 0.00226. The van der Waals surface area contributed by atoms with E-state index < -0.39 is 0 Å². The lowest BCUT2D eigenvalue weighted by Crippen LogP contribution is -2.11. The van der Waals surface area contributed by atoms with Gasteiger partial charge in [0.25, 0.3) is 0 Å². The molecule has 2 aromatic carbocycles. The number of rotatable bonds is 4. The molecule has 0 aliphatic carbocycles. The second-order valence-corrected chi connectivity index (χ2v) is 5.28. The predicted molar refractivity (Wildman–Crippen MR) is 80.2 cm³/mol. The van der Waals surface area contributed by atoms with E-state index in [-0.39, 0.29) is 12.4 Å². The molecular formula is C15H13IO2. The minimum Gasteiger partial charge on any atom is -0.485 e. The summed E-state index contributed by atoms with van der Waals surface area (Å²) >= 11 is 2.21. The molecule has 0 amide bonds. The molecule has 18 heavy (non-hydrogen) atoms. The van der Waals surface area contributed by atoms with Gasteiger partial charge in [0.2, 0.25) is 0 Å². The standard InChI is InChI=1S/C15H13IO2/c1-11-4-2-5-12(8-11)15(17)10-18-14-7-3-6-13(16)9-14/h2-9H,10H2,1H3. The van der Waals surface area contributed by atoms with Gasteiger partial charge in [-0.3, -0.25) is 4.79 Å². The fourth-order valence-electron chi connectivity index (χ4n) is 1.61. The molecule has 0 N–H and O–H groups in total. The maximum atomic E-state index is 11.9. The normalized spacial score (nSPS) is 10.1. The lowest BCUT2D eigenvalue weighted by Gasteiger charge is -2.06. The van der Waals surface area contributed by atoms with Crippen LogP contribution < -0.4 is 4.74 Å². The van der Waals surface area contributed by atoms with Gasteiger partial charge in [0.05, 0.1) is 0 Å². The number of carbonyl (C=O) groups is 1. The zero-order chi connectivity index (χ0) is 13.0. The summed E-state index contributed by atoms with van der Waals surface area (Å²) in [6.45, 7) is 2.04. The largest absolute Gasteiger partial charge is 0.485 e. The number of benzene rings is 2. The summed E-state index contributed by atoms with van der Waals surface area (Å²) in [4.78, 5) is 11.9. The minimum atomic E-state index is -0.00226. The van der Waals surface area contributed by atoms with Crippen molar-refractivity contribution < 1.29 is 9.53 Å². The second-order valence-electron chi connectivity index (χ2n) is 4.04. The number of ketones is 1. The van der Waals surface area contributed by atoms with Crippen molar-refractivity contribution in [2.45, 2.75) is 6.92 Å². The monoisotopic (exact) mass is 352 g/mol. The lowest BCUT2D eigenvalue weighted by molar-refractivity contribution is 0.0921. The maximum Gasteiger partial charge on any atom is 0.200 e. The number of hydrogen-bond acceptors (Lipinski definition) is 2. The third-order valence-electron chi connectivity index (χ3n) is 2.51. The average molecular weight is 352 g/mol. The summed E-state index contributed by atoms with van der Waals surface area (Å²) in [6, 6.07) is 15.2. The van der Waals surface area contributed by atoms with Gasteiger partial charge >= 0.3 is 0 Å². The van der Waals surface area contributed by atoms with Gasteiger partial charge in [-0.1, -0.05) is 29.8 Å². The number of carbonyl (C=O) groups excluding carboxylic acids is 1. The molecule has 92 valence electrons. The van der Waals surface area contributed by atoms with Crippen molar-refractivity contribution in [3.05, 3.63) is 63.2 Å². The topological polar surface area (TPSA) is 26.3 Å². The van der Waals surface area contributed by atoms with Crippen LogP contribution in [0.15, 0.2) is 48.5 Å². The van der Waals surface area contributed by atoms with Gasteiger partial charge in [0.1, 0.15) is 5.75 Å². The molecular weight excluding hydrogens is 339 g/mol. The highest BCUT2D eigenvalue weighted by Gasteiger charge is 2.06. The van der Waals surface area contributed by atoms with Crippen LogP contribution in [0.4, 0.5) is 0 Å². The lowest BCUT2D eigenvalue weighted by atomic mass is 10.1. The highest BCUT2D eigenvalue weighted by Crippen LogP contribution is 2.15. The molecule has 0 atom stereocenters. The Morgan fingerprint density at radius 1 is 1.17 bits per heavy atom. The number of aryl methyl sites for hydroxylation is 1. The van der Waals surface area contributed by atoms with E-state index in [1.807, 2.05) is 55.5 Å².